The number of hydrogen-bond acceptors (Lipinski definition) is 6. The van der Waals surface area contributed by atoms with Crippen molar-refractivity contribution in [3.05, 3.63) is 31.9 Å². The molecule has 0 saturated carbocycles. The van der Waals surface area contributed by atoms with E-state index in [0.717, 1.165) is 12.8 Å². The quantitative estimate of drug-likeness (QED) is 0.571. The lowest BCUT2D eigenvalue weighted by Gasteiger charge is -2.45. The maximum Gasteiger partial charge on any atom is 0.338 e. The van der Waals surface area contributed by atoms with Crippen LogP contribution in [0.1, 0.15) is 32.6 Å². The molecule has 1 fully saturated rings. The topological polar surface area (TPSA) is 127 Å². The fourth-order valence-electron chi connectivity index (χ4n) is 3.54. The molecule has 22 heavy (non-hydrogen) atoms. The molecule has 1 saturated heterocycles. The van der Waals surface area contributed by atoms with Crippen molar-refractivity contribution in [2.24, 2.45) is 0 Å². The lowest BCUT2D eigenvalue weighted by molar-refractivity contribution is -0.620. The Bertz CT molecular complexity index is 548. The fourth-order valence-corrected chi connectivity index (χ4v) is 3.54. The molecular formula is C13H19N3O6. The monoisotopic (exact) mass is 313 g/mol. The highest BCUT2D eigenvalue weighted by atomic mass is 16.6. The van der Waals surface area contributed by atoms with Crippen molar-refractivity contribution in [3.8, 4) is 0 Å². The number of carbonyl (C=O) groups is 1. The van der Waals surface area contributed by atoms with Gasteiger partial charge >= 0.3 is 5.97 Å². The van der Waals surface area contributed by atoms with E-state index in [1.54, 1.807) is 4.90 Å². The van der Waals surface area contributed by atoms with Gasteiger partial charge in [-0.25, -0.2) is 4.79 Å². The van der Waals surface area contributed by atoms with E-state index in [4.69, 9.17) is 0 Å². The Morgan fingerprint density at radius 1 is 1.36 bits per heavy atom. The predicted molar refractivity (Wildman–Crippen MR) is 75.8 cm³/mol. The van der Waals surface area contributed by atoms with E-state index in [-0.39, 0.29) is 31.5 Å². The van der Waals surface area contributed by atoms with Crippen molar-refractivity contribution in [2.45, 2.75) is 43.7 Å². The molecule has 0 aromatic carbocycles. The van der Waals surface area contributed by atoms with Crippen LogP contribution in [0.5, 0.6) is 0 Å². The molecule has 0 spiro atoms. The summed E-state index contributed by atoms with van der Waals surface area (Å²) in [4.78, 5) is 35.1. The van der Waals surface area contributed by atoms with Crippen molar-refractivity contribution in [3.63, 3.8) is 0 Å². The second-order valence-electron chi connectivity index (χ2n) is 6.14. The second-order valence-corrected chi connectivity index (χ2v) is 6.14. The molecule has 0 unspecified atom stereocenters. The van der Waals surface area contributed by atoms with Gasteiger partial charge in [-0.2, -0.15) is 0 Å². The third kappa shape index (κ3) is 2.45. The Hall–Kier alpha value is -2.03. The first kappa shape index (κ1) is 16.3. The third-order valence-corrected chi connectivity index (χ3v) is 4.61. The van der Waals surface area contributed by atoms with Gasteiger partial charge in [-0.15, -0.1) is 0 Å². The molecule has 0 aromatic heterocycles. The summed E-state index contributed by atoms with van der Waals surface area (Å²) >= 11 is 0. The van der Waals surface area contributed by atoms with Gasteiger partial charge in [-0.05, 0) is 13.0 Å². The number of fused-ring (bicyclic) bond motifs is 2. The standard InChI is InChI=1S/C13H19N3O6/c1-2-3-6-14-8-12(15(19)20)5-4-10(11(17)18)13(7-12,9-14)16(21)22/h4H,2-3,5-9H2,1H3,(H,17,18)/t12-,13-/m1/s1. The SMILES string of the molecule is CCCCN1C[C@@]2([N+](=O)[O-])CC=C(C(=O)O)[C@]([N+](=O)[O-])(C1)C2. The van der Waals surface area contributed by atoms with Crippen LogP contribution in [0.4, 0.5) is 0 Å². The minimum Gasteiger partial charge on any atom is -0.478 e. The minimum atomic E-state index is -1.90. The van der Waals surface area contributed by atoms with Crippen LogP contribution in [0.3, 0.4) is 0 Å². The molecule has 2 rings (SSSR count). The highest BCUT2D eigenvalue weighted by molar-refractivity contribution is 5.89. The van der Waals surface area contributed by atoms with Crippen LogP contribution in [0, 0.1) is 20.2 Å². The molecule has 0 amide bonds. The molecule has 2 atom stereocenters. The summed E-state index contributed by atoms with van der Waals surface area (Å²) in [5, 5.41) is 32.5. The smallest absolute Gasteiger partial charge is 0.338 e. The molecule has 1 aliphatic heterocycles. The van der Waals surface area contributed by atoms with E-state index < -0.39 is 26.9 Å². The van der Waals surface area contributed by atoms with Crippen LogP contribution in [-0.2, 0) is 4.79 Å². The largest absolute Gasteiger partial charge is 0.478 e. The molecule has 122 valence electrons. The molecule has 0 aromatic rings. The van der Waals surface area contributed by atoms with Gasteiger partial charge in [0.15, 0.2) is 0 Å². The molecule has 2 bridgehead atoms. The van der Waals surface area contributed by atoms with Gasteiger partial charge in [0.05, 0.1) is 19.5 Å². The molecule has 9 nitrogen and oxygen atoms in total. The van der Waals surface area contributed by atoms with Gasteiger partial charge in [0.2, 0.25) is 5.54 Å². The Kier molecular flexibility index (Phi) is 4.19. The molecule has 0 radical (unpaired) electrons. The van der Waals surface area contributed by atoms with E-state index in [0.29, 0.717) is 6.54 Å². The number of unbranched alkanes of at least 4 members (excludes halogenated alkanes) is 1. The van der Waals surface area contributed by atoms with Crippen LogP contribution < -0.4 is 0 Å². The third-order valence-electron chi connectivity index (χ3n) is 4.61. The van der Waals surface area contributed by atoms with Gasteiger partial charge in [-0.3, -0.25) is 25.1 Å². The van der Waals surface area contributed by atoms with E-state index in [1.165, 1.54) is 6.08 Å². The van der Waals surface area contributed by atoms with E-state index in [9.17, 15) is 30.1 Å². The number of carboxylic acids is 1. The summed E-state index contributed by atoms with van der Waals surface area (Å²) in [6.45, 7) is 2.49. The zero-order valence-corrected chi connectivity index (χ0v) is 12.4. The van der Waals surface area contributed by atoms with Crippen molar-refractivity contribution >= 4 is 5.97 Å². The molecular weight excluding hydrogens is 294 g/mol. The van der Waals surface area contributed by atoms with Crippen molar-refractivity contribution in [1.82, 2.24) is 4.90 Å². The summed E-state index contributed by atoms with van der Waals surface area (Å²) < 4.78 is 0. The number of likely N-dealkylation sites (tertiary alicyclic amines) is 1. The zero-order valence-electron chi connectivity index (χ0n) is 12.4. The van der Waals surface area contributed by atoms with Crippen molar-refractivity contribution in [1.29, 1.82) is 0 Å². The van der Waals surface area contributed by atoms with Gasteiger partial charge in [-0.1, -0.05) is 19.4 Å². The van der Waals surface area contributed by atoms with Crippen LogP contribution >= 0.6 is 0 Å². The summed E-state index contributed by atoms with van der Waals surface area (Å²) in [5.74, 6) is -1.37. The van der Waals surface area contributed by atoms with Crippen LogP contribution in [0.15, 0.2) is 11.6 Å². The molecule has 1 heterocycles. The highest BCUT2D eigenvalue weighted by Crippen LogP contribution is 2.44. The van der Waals surface area contributed by atoms with E-state index in [1.807, 2.05) is 6.92 Å². The first-order valence-corrected chi connectivity index (χ1v) is 7.23. The average molecular weight is 313 g/mol. The van der Waals surface area contributed by atoms with Crippen molar-refractivity contribution in [2.75, 3.05) is 19.6 Å². The van der Waals surface area contributed by atoms with Gasteiger partial charge in [0, 0.05) is 16.3 Å². The Balaban J connectivity index is 2.49. The zero-order chi connectivity index (χ0) is 16.5. The Morgan fingerprint density at radius 3 is 2.55 bits per heavy atom. The van der Waals surface area contributed by atoms with Crippen LogP contribution in [0.2, 0.25) is 0 Å². The lowest BCUT2D eigenvalue weighted by Crippen LogP contribution is -2.68. The minimum absolute atomic E-state index is 0.0835. The average Bonchev–Trinajstić information content (AvgIpc) is 2.44. The Morgan fingerprint density at radius 2 is 2.05 bits per heavy atom. The summed E-state index contributed by atoms with van der Waals surface area (Å²) in [6.07, 6.45) is 2.35. The fraction of sp³-hybridized carbons (Fsp3) is 0.769. The maximum absolute atomic E-state index is 11.6. The predicted octanol–water partition coefficient (Wildman–Crippen LogP) is 0.938. The van der Waals surface area contributed by atoms with Gasteiger partial charge in [0.1, 0.15) is 5.57 Å². The maximum atomic E-state index is 11.6. The highest BCUT2D eigenvalue weighted by Gasteiger charge is 2.66. The van der Waals surface area contributed by atoms with Crippen LogP contribution in [-0.4, -0.2) is 56.5 Å². The van der Waals surface area contributed by atoms with Gasteiger partial charge < -0.3 is 5.11 Å². The molecule has 1 aliphatic carbocycles. The van der Waals surface area contributed by atoms with Gasteiger partial charge in [0.25, 0.3) is 5.54 Å². The van der Waals surface area contributed by atoms with E-state index in [2.05, 4.69) is 0 Å². The summed E-state index contributed by atoms with van der Waals surface area (Å²) in [6, 6.07) is 0. The normalized spacial score (nSPS) is 31.4. The number of hydrogen-bond donors (Lipinski definition) is 1. The number of rotatable bonds is 6. The lowest BCUT2D eigenvalue weighted by atomic mass is 9.68. The summed E-state index contributed by atoms with van der Waals surface area (Å²) in [5.41, 5.74) is -3.70. The first-order valence-electron chi connectivity index (χ1n) is 7.23. The molecule has 9 heteroatoms. The first-order chi connectivity index (χ1) is 10.3. The Labute approximate surface area is 126 Å². The molecule has 2 aliphatic rings. The number of aliphatic carboxylic acids is 1. The number of piperidine rings is 1. The van der Waals surface area contributed by atoms with Crippen LogP contribution in [0.25, 0.3) is 0 Å². The second kappa shape index (κ2) is 5.64. The number of nitro groups is 2. The number of carboxylic acid groups (broad SMARTS) is 1. The summed E-state index contributed by atoms with van der Waals surface area (Å²) in [7, 11) is 0. The van der Waals surface area contributed by atoms with Crippen molar-refractivity contribution < 1.29 is 19.7 Å². The molecule has 1 N–H and O–H groups in total. The number of nitrogens with zero attached hydrogens (tertiary/aromatic N) is 3. The van der Waals surface area contributed by atoms with E-state index >= 15 is 0 Å².